The van der Waals surface area contributed by atoms with Crippen LogP contribution in [-0.2, 0) is 4.79 Å². The predicted molar refractivity (Wildman–Crippen MR) is 129 cm³/mol. The molecule has 0 bridgehead atoms. The normalized spacial score (nSPS) is 18.8. The van der Waals surface area contributed by atoms with Crippen LogP contribution in [0.5, 0.6) is 11.5 Å². The van der Waals surface area contributed by atoms with Gasteiger partial charge >= 0.3 is 0 Å². The molecule has 2 heterocycles. The van der Waals surface area contributed by atoms with Gasteiger partial charge < -0.3 is 14.4 Å². The fourth-order valence-corrected chi connectivity index (χ4v) is 4.91. The Morgan fingerprint density at radius 1 is 1.22 bits per heavy atom. The summed E-state index contributed by atoms with van der Waals surface area (Å²) >= 11 is 1.55. The Morgan fingerprint density at radius 2 is 2.00 bits per heavy atom. The number of anilines is 1. The van der Waals surface area contributed by atoms with Crippen molar-refractivity contribution >= 4 is 38.8 Å². The molecule has 1 N–H and O–H groups in total. The van der Waals surface area contributed by atoms with E-state index in [2.05, 4.69) is 29.4 Å². The summed E-state index contributed by atoms with van der Waals surface area (Å²) in [7, 11) is 1.58. The molecular formula is C24H28N4O3S. The maximum atomic E-state index is 12.7. The number of methoxy groups -OCH3 is 1. The zero-order valence-electron chi connectivity index (χ0n) is 18.6. The van der Waals surface area contributed by atoms with Gasteiger partial charge in [-0.2, -0.15) is 5.10 Å². The number of amides is 1. The number of para-hydroxylation sites is 1. The minimum atomic E-state index is -0.00234. The highest BCUT2D eigenvalue weighted by molar-refractivity contribution is 7.22. The minimum Gasteiger partial charge on any atom is -0.493 e. The Hall–Kier alpha value is -3.13. The van der Waals surface area contributed by atoms with Gasteiger partial charge in [-0.25, -0.2) is 4.98 Å². The van der Waals surface area contributed by atoms with Crippen molar-refractivity contribution in [2.75, 3.05) is 19.1 Å². The van der Waals surface area contributed by atoms with Crippen molar-refractivity contribution in [1.82, 2.24) is 9.88 Å². The van der Waals surface area contributed by atoms with E-state index in [1.54, 1.807) is 30.7 Å². The van der Waals surface area contributed by atoms with Gasteiger partial charge in [0, 0.05) is 12.1 Å². The Bertz CT molecular complexity index is 1070. The maximum absolute atomic E-state index is 12.7. The quantitative estimate of drug-likeness (QED) is 0.407. The third-order valence-electron chi connectivity index (χ3n) is 5.69. The third-order valence-corrected chi connectivity index (χ3v) is 6.63. The number of hydrogen-bond donors (Lipinski definition) is 1. The lowest BCUT2D eigenvalue weighted by atomic mass is 9.97. The van der Waals surface area contributed by atoms with E-state index in [0.717, 1.165) is 40.2 Å². The number of carbonyl (C=O) groups is 1. The fourth-order valence-electron chi connectivity index (χ4n) is 4.09. The van der Waals surface area contributed by atoms with Crippen molar-refractivity contribution in [2.45, 2.75) is 45.2 Å². The van der Waals surface area contributed by atoms with Gasteiger partial charge in [-0.1, -0.05) is 23.5 Å². The number of likely N-dealkylation sites (tertiary alicyclic amines) is 1. The summed E-state index contributed by atoms with van der Waals surface area (Å²) in [5.41, 5.74) is 4.76. The van der Waals surface area contributed by atoms with E-state index in [1.165, 1.54) is 0 Å². The first-order valence-corrected chi connectivity index (χ1v) is 11.6. The maximum Gasteiger partial charge on any atom is 0.260 e. The molecule has 8 heteroatoms. The molecule has 1 saturated heterocycles. The molecule has 1 aliphatic heterocycles. The number of nitrogens with one attached hydrogen (secondary N) is 1. The van der Waals surface area contributed by atoms with Crippen LogP contribution in [0.1, 0.15) is 38.7 Å². The summed E-state index contributed by atoms with van der Waals surface area (Å²) in [4.78, 5) is 19.2. The van der Waals surface area contributed by atoms with Crippen molar-refractivity contribution in [3.05, 3.63) is 48.0 Å². The molecule has 0 saturated carbocycles. The number of aromatic nitrogens is 1. The molecule has 2 unspecified atom stereocenters. The number of nitrogens with zero attached hydrogens (tertiary/aromatic N) is 3. The largest absolute Gasteiger partial charge is 0.493 e. The van der Waals surface area contributed by atoms with E-state index in [1.807, 2.05) is 41.3 Å². The summed E-state index contributed by atoms with van der Waals surface area (Å²) < 4.78 is 12.4. The number of hydrazone groups is 1. The van der Waals surface area contributed by atoms with E-state index in [0.29, 0.717) is 11.5 Å². The van der Waals surface area contributed by atoms with E-state index in [9.17, 15) is 4.79 Å². The van der Waals surface area contributed by atoms with Gasteiger partial charge in [-0.05, 0) is 69.0 Å². The van der Waals surface area contributed by atoms with Crippen molar-refractivity contribution in [1.29, 1.82) is 0 Å². The molecule has 0 spiro atoms. The van der Waals surface area contributed by atoms with E-state index < -0.39 is 0 Å². The summed E-state index contributed by atoms with van der Waals surface area (Å²) in [6.07, 6.45) is 4.94. The van der Waals surface area contributed by atoms with Crippen molar-refractivity contribution in [3.8, 4) is 11.5 Å². The van der Waals surface area contributed by atoms with Crippen LogP contribution in [-0.4, -0.2) is 47.8 Å². The van der Waals surface area contributed by atoms with Crippen LogP contribution in [0.15, 0.2) is 47.6 Å². The Morgan fingerprint density at radius 3 is 2.75 bits per heavy atom. The highest BCUT2D eigenvalue weighted by atomic mass is 32.1. The third kappa shape index (κ3) is 5.02. The molecule has 3 aromatic rings. The number of fused-ring (bicyclic) bond motifs is 1. The van der Waals surface area contributed by atoms with Gasteiger partial charge in [-0.15, -0.1) is 0 Å². The summed E-state index contributed by atoms with van der Waals surface area (Å²) in [5, 5.41) is 5.01. The highest BCUT2D eigenvalue weighted by Gasteiger charge is 2.29. The van der Waals surface area contributed by atoms with Gasteiger partial charge in [0.2, 0.25) is 5.13 Å². The standard InChI is InChI=1S/C24H28N4O3S/c1-16-7-6-8-17(2)28(16)23(29)15-31-20-12-11-18(13-21(20)30-3)14-25-27-24-26-19-9-4-5-10-22(19)32-24/h4-5,9-14,16-17H,6-8,15H2,1-3H3,(H,26,27). The van der Waals surface area contributed by atoms with E-state index >= 15 is 0 Å². The Labute approximate surface area is 192 Å². The molecule has 168 valence electrons. The second-order valence-electron chi connectivity index (χ2n) is 7.99. The molecule has 7 nitrogen and oxygen atoms in total. The molecule has 1 aliphatic rings. The summed E-state index contributed by atoms with van der Waals surface area (Å²) in [6.45, 7) is 4.20. The van der Waals surface area contributed by atoms with Crippen LogP contribution in [0, 0.1) is 0 Å². The Kier molecular flexibility index (Phi) is 6.90. The summed E-state index contributed by atoms with van der Waals surface area (Å²) in [5.74, 6) is 1.10. The molecule has 1 aromatic heterocycles. The van der Waals surface area contributed by atoms with Gasteiger partial charge in [0.1, 0.15) is 0 Å². The van der Waals surface area contributed by atoms with Crippen molar-refractivity contribution < 1.29 is 14.3 Å². The molecule has 0 aliphatic carbocycles. The average Bonchev–Trinajstić information content (AvgIpc) is 3.20. The predicted octanol–water partition coefficient (Wildman–Crippen LogP) is 4.92. The number of hydrogen-bond acceptors (Lipinski definition) is 7. The molecule has 4 rings (SSSR count). The van der Waals surface area contributed by atoms with Crippen LogP contribution in [0.4, 0.5) is 5.13 Å². The summed E-state index contributed by atoms with van der Waals surface area (Å²) in [6, 6.07) is 14.0. The van der Waals surface area contributed by atoms with Gasteiger partial charge in [0.25, 0.3) is 5.91 Å². The molecular weight excluding hydrogens is 424 g/mol. The van der Waals surface area contributed by atoms with Crippen LogP contribution < -0.4 is 14.9 Å². The monoisotopic (exact) mass is 452 g/mol. The first-order valence-electron chi connectivity index (χ1n) is 10.8. The van der Waals surface area contributed by atoms with E-state index in [4.69, 9.17) is 9.47 Å². The molecule has 2 atom stereocenters. The van der Waals surface area contributed by atoms with Gasteiger partial charge in [0.05, 0.1) is 23.5 Å². The van der Waals surface area contributed by atoms with E-state index in [-0.39, 0.29) is 24.6 Å². The molecule has 1 fully saturated rings. The van der Waals surface area contributed by atoms with Gasteiger partial charge in [0.15, 0.2) is 18.1 Å². The zero-order valence-corrected chi connectivity index (χ0v) is 19.4. The first-order chi connectivity index (χ1) is 15.5. The molecule has 1 amide bonds. The number of ether oxygens (including phenoxy) is 2. The topological polar surface area (TPSA) is 76.0 Å². The van der Waals surface area contributed by atoms with Crippen LogP contribution in [0.25, 0.3) is 10.2 Å². The molecule has 0 radical (unpaired) electrons. The Balaban J connectivity index is 1.37. The van der Waals surface area contributed by atoms with Gasteiger partial charge in [-0.3, -0.25) is 10.2 Å². The van der Waals surface area contributed by atoms with Crippen LogP contribution in [0.3, 0.4) is 0 Å². The number of benzene rings is 2. The average molecular weight is 453 g/mol. The van der Waals surface area contributed by atoms with Crippen molar-refractivity contribution in [2.24, 2.45) is 5.10 Å². The smallest absolute Gasteiger partial charge is 0.260 e. The molecule has 2 aromatic carbocycles. The number of rotatable bonds is 7. The zero-order chi connectivity index (χ0) is 22.5. The van der Waals surface area contributed by atoms with Crippen LogP contribution >= 0.6 is 11.3 Å². The molecule has 32 heavy (non-hydrogen) atoms. The highest BCUT2D eigenvalue weighted by Crippen LogP contribution is 2.29. The fraction of sp³-hybridized carbons (Fsp3) is 0.375. The number of thiazole rings is 1. The number of piperidine rings is 1. The van der Waals surface area contributed by atoms with Crippen molar-refractivity contribution in [3.63, 3.8) is 0 Å². The first kappa shape index (κ1) is 22.1. The lowest BCUT2D eigenvalue weighted by molar-refractivity contribution is -0.139. The van der Waals surface area contributed by atoms with Crippen LogP contribution in [0.2, 0.25) is 0 Å². The second kappa shape index (κ2) is 9.99. The second-order valence-corrected chi connectivity index (χ2v) is 9.02. The SMILES string of the molecule is COc1cc(C=NNc2nc3ccccc3s2)ccc1OCC(=O)N1C(C)CCCC1C. The number of carbonyl (C=O) groups excluding carboxylic acids is 1. The lowest BCUT2D eigenvalue weighted by Gasteiger charge is -2.39. The minimum absolute atomic E-state index is 0.00234. The lowest BCUT2D eigenvalue weighted by Crippen LogP contribution is -2.49.